The summed E-state index contributed by atoms with van der Waals surface area (Å²) in [6.07, 6.45) is 2.29. The number of rotatable bonds is 5. The summed E-state index contributed by atoms with van der Waals surface area (Å²) in [7, 11) is 1.56. The number of methoxy groups -OCH3 is 1. The van der Waals surface area contributed by atoms with Crippen LogP contribution in [0.15, 0.2) is 48.7 Å². The first-order valence-electron chi connectivity index (χ1n) is 9.59. The van der Waals surface area contributed by atoms with Crippen molar-refractivity contribution < 1.29 is 18.3 Å². The Morgan fingerprint density at radius 1 is 1.17 bits per heavy atom. The lowest BCUT2D eigenvalue weighted by Gasteiger charge is -2.19. The number of ether oxygens (including phenoxy) is 1. The fourth-order valence-electron chi connectivity index (χ4n) is 3.55. The number of nitrogens with one attached hydrogen (secondary N) is 1. The Morgan fingerprint density at radius 2 is 1.97 bits per heavy atom. The van der Waals surface area contributed by atoms with E-state index in [9.17, 15) is 13.6 Å². The predicted octanol–water partition coefficient (Wildman–Crippen LogP) is 4.35. The van der Waals surface area contributed by atoms with E-state index >= 15 is 0 Å². The smallest absolute Gasteiger partial charge is 0.246 e. The molecular formula is C23H21F2N3O2. The van der Waals surface area contributed by atoms with Crippen molar-refractivity contribution in [2.24, 2.45) is 0 Å². The van der Waals surface area contributed by atoms with Crippen LogP contribution >= 0.6 is 0 Å². The first kappa shape index (κ1) is 19.8. The molecule has 0 aliphatic carbocycles. The van der Waals surface area contributed by atoms with Crippen LogP contribution in [0, 0.1) is 18.6 Å². The van der Waals surface area contributed by atoms with Crippen LogP contribution in [0.2, 0.25) is 0 Å². The van der Waals surface area contributed by atoms with Crippen LogP contribution in [0.1, 0.15) is 11.1 Å². The van der Waals surface area contributed by atoms with E-state index < -0.39 is 11.6 Å². The number of benzene rings is 2. The van der Waals surface area contributed by atoms with Crippen molar-refractivity contribution in [3.63, 3.8) is 0 Å². The highest BCUT2D eigenvalue weighted by Crippen LogP contribution is 2.32. The van der Waals surface area contributed by atoms with Gasteiger partial charge in [0.25, 0.3) is 0 Å². The maximum atomic E-state index is 13.6. The molecule has 0 bridgehead atoms. The summed E-state index contributed by atoms with van der Waals surface area (Å²) in [6, 6.07) is 11.7. The minimum absolute atomic E-state index is 0.0143. The van der Waals surface area contributed by atoms with E-state index in [4.69, 9.17) is 4.74 Å². The quantitative estimate of drug-likeness (QED) is 0.681. The fraction of sp³-hybridized carbons (Fsp3) is 0.217. The summed E-state index contributed by atoms with van der Waals surface area (Å²) in [5.41, 5.74) is 4.46. The van der Waals surface area contributed by atoms with Crippen LogP contribution in [0.25, 0.3) is 11.3 Å². The van der Waals surface area contributed by atoms with E-state index in [2.05, 4.69) is 10.3 Å². The molecule has 2 heterocycles. The number of amides is 1. The second kappa shape index (κ2) is 8.10. The zero-order valence-electron chi connectivity index (χ0n) is 16.7. The molecule has 0 spiro atoms. The molecule has 5 nitrogen and oxygen atoms in total. The highest BCUT2D eigenvalue weighted by atomic mass is 19.2. The number of aryl methyl sites for hydroxylation is 1. The molecule has 7 heteroatoms. The minimum atomic E-state index is -0.957. The largest absolute Gasteiger partial charge is 0.495 e. The van der Waals surface area contributed by atoms with E-state index in [0.29, 0.717) is 35.7 Å². The molecule has 4 rings (SSSR count). The summed E-state index contributed by atoms with van der Waals surface area (Å²) < 4.78 is 32.5. The Labute approximate surface area is 173 Å². The molecule has 0 radical (unpaired) electrons. The highest BCUT2D eigenvalue weighted by Gasteiger charge is 2.26. The van der Waals surface area contributed by atoms with Crippen LogP contribution in [-0.4, -0.2) is 31.1 Å². The second-order valence-corrected chi connectivity index (χ2v) is 7.18. The molecule has 0 atom stereocenters. The zero-order valence-corrected chi connectivity index (χ0v) is 16.7. The molecule has 0 fully saturated rings. The third kappa shape index (κ3) is 3.83. The van der Waals surface area contributed by atoms with Gasteiger partial charge in [0.1, 0.15) is 5.75 Å². The van der Waals surface area contributed by atoms with Crippen molar-refractivity contribution in [3.05, 3.63) is 71.4 Å². The minimum Gasteiger partial charge on any atom is -0.495 e. The van der Waals surface area contributed by atoms with E-state index in [1.807, 2.05) is 37.3 Å². The van der Waals surface area contributed by atoms with Gasteiger partial charge in [0, 0.05) is 24.4 Å². The normalized spacial score (nSPS) is 12.6. The van der Waals surface area contributed by atoms with Gasteiger partial charge in [0.15, 0.2) is 11.6 Å². The van der Waals surface area contributed by atoms with Gasteiger partial charge in [-0.1, -0.05) is 6.07 Å². The molecule has 3 aromatic rings. The topological polar surface area (TPSA) is 54.5 Å². The Bertz CT molecular complexity index is 1100. The van der Waals surface area contributed by atoms with Gasteiger partial charge >= 0.3 is 0 Å². The van der Waals surface area contributed by atoms with Crippen LogP contribution in [0.3, 0.4) is 0 Å². The molecule has 0 saturated carbocycles. The summed E-state index contributed by atoms with van der Waals surface area (Å²) in [5.74, 6) is -1.50. The number of carbonyl (C=O) groups excluding carboxylic acids is 1. The third-order valence-electron chi connectivity index (χ3n) is 5.15. The predicted molar refractivity (Wildman–Crippen MR) is 112 cm³/mol. The summed E-state index contributed by atoms with van der Waals surface area (Å²) >= 11 is 0. The SMILES string of the molecule is COc1ccc(-c2ccc(C)cn2)cc1NCC(=O)N1CCc2cc(F)c(F)cc21. The van der Waals surface area contributed by atoms with Gasteiger partial charge in [-0.05, 0) is 54.8 Å². The number of aromatic nitrogens is 1. The maximum absolute atomic E-state index is 13.6. The molecule has 0 saturated heterocycles. The zero-order chi connectivity index (χ0) is 21.3. The number of anilines is 2. The van der Waals surface area contributed by atoms with E-state index in [1.165, 1.54) is 4.90 Å². The lowest BCUT2D eigenvalue weighted by Crippen LogP contribution is -2.34. The number of fused-ring (bicyclic) bond motifs is 1. The number of hydrogen-bond donors (Lipinski definition) is 1. The molecular weight excluding hydrogens is 388 g/mol. The molecule has 30 heavy (non-hydrogen) atoms. The highest BCUT2D eigenvalue weighted by molar-refractivity contribution is 5.98. The standard InChI is InChI=1S/C23H21F2N3O2/c1-14-3-5-19(26-12-14)15-4-6-22(30-2)20(10-15)27-13-23(29)28-8-7-16-9-17(24)18(25)11-21(16)28/h3-6,9-12,27H,7-8,13H2,1-2H3. The molecule has 1 aromatic heterocycles. The first-order chi connectivity index (χ1) is 14.5. The molecule has 1 aliphatic heterocycles. The van der Waals surface area contributed by atoms with Crippen molar-refractivity contribution in [1.82, 2.24) is 4.98 Å². The van der Waals surface area contributed by atoms with Gasteiger partial charge in [0.05, 0.1) is 30.7 Å². The van der Waals surface area contributed by atoms with Crippen LogP contribution in [0.4, 0.5) is 20.2 Å². The van der Waals surface area contributed by atoms with Crippen molar-refractivity contribution in [2.75, 3.05) is 30.4 Å². The molecule has 2 aromatic carbocycles. The number of hydrogen-bond acceptors (Lipinski definition) is 4. The molecule has 1 N–H and O–H groups in total. The van der Waals surface area contributed by atoms with Gasteiger partial charge in [0.2, 0.25) is 5.91 Å². The van der Waals surface area contributed by atoms with Crippen LogP contribution < -0.4 is 15.0 Å². The van der Waals surface area contributed by atoms with E-state index in [-0.39, 0.29) is 12.5 Å². The first-order valence-corrected chi connectivity index (χ1v) is 9.59. The van der Waals surface area contributed by atoms with Gasteiger partial charge in [-0.25, -0.2) is 8.78 Å². The summed E-state index contributed by atoms with van der Waals surface area (Å²) in [4.78, 5) is 18.7. The van der Waals surface area contributed by atoms with Crippen molar-refractivity contribution in [1.29, 1.82) is 0 Å². The Hall–Kier alpha value is -3.48. The monoisotopic (exact) mass is 409 g/mol. The molecule has 1 aliphatic rings. The van der Waals surface area contributed by atoms with E-state index in [0.717, 1.165) is 29.0 Å². The molecule has 154 valence electrons. The average Bonchev–Trinajstić information content (AvgIpc) is 3.15. The van der Waals surface area contributed by atoms with Crippen molar-refractivity contribution in [2.45, 2.75) is 13.3 Å². The van der Waals surface area contributed by atoms with Gasteiger partial charge < -0.3 is 15.0 Å². The number of carbonyl (C=O) groups is 1. The summed E-state index contributed by atoms with van der Waals surface area (Å²) in [5, 5.41) is 3.11. The number of nitrogens with zero attached hydrogens (tertiary/aromatic N) is 2. The van der Waals surface area contributed by atoms with Crippen LogP contribution in [-0.2, 0) is 11.2 Å². The van der Waals surface area contributed by atoms with Gasteiger partial charge in [-0.3, -0.25) is 9.78 Å². The Kier molecular flexibility index (Phi) is 5.35. The lowest BCUT2D eigenvalue weighted by molar-refractivity contribution is -0.116. The van der Waals surface area contributed by atoms with Crippen molar-refractivity contribution in [3.8, 4) is 17.0 Å². The maximum Gasteiger partial charge on any atom is 0.246 e. The van der Waals surface area contributed by atoms with Gasteiger partial charge in [-0.2, -0.15) is 0 Å². The molecule has 1 amide bonds. The summed E-state index contributed by atoms with van der Waals surface area (Å²) in [6.45, 7) is 2.35. The number of pyridine rings is 1. The third-order valence-corrected chi connectivity index (χ3v) is 5.15. The lowest BCUT2D eigenvalue weighted by atomic mass is 10.1. The van der Waals surface area contributed by atoms with Crippen LogP contribution in [0.5, 0.6) is 5.75 Å². The van der Waals surface area contributed by atoms with Crippen molar-refractivity contribution >= 4 is 17.3 Å². The van der Waals surface area contributed by atoms with Gasteiger partial charge in [-0.15, -0.1) is 0 Å². The average molecular weight is 409 g/mol. The fourth-order valence-corrected chi connectivity index (χ4v) is 3.55. The Morgan fingerprint density at radius 3 is 2.70 bits per heavy atom. The number of halogens is 2. The second-order valence-electron chi connectivity index (χ2n) is 7.18. The van der Waals surface area contributed by atoms with E-state index in [1.54, 1.807) is 13.3 Å². The Balaban J connectivity index is 1.52. The molecule has 0 unspecified atom stereocenters.